The minimum atomic E-state index is -0.274. The van der Waals surface area contributed by atoms with Crippen molar-refractivity contribution in [2.24, 2.45) is 11.8 Å². The molecule has 0 aliphatic heterocycles. The Hall–Kier alpha value is -0.630. The number of nitriles is 1. The highest BCUT2D eigenvalue weighted by molar-refractivity contribution is 5.13. The first-order valence-corrected chi connectivity index (χ1v) is 8.06. The molecule has 20 heavy (non-hydrogen) atoms. The van der Waals surface area contributed by atoms with Gasteiger partial charge in [-0.05, 0) is 64.6 Å². The third-order valence-corrected chi connectivity index (χ3v) is 4.99. The van der Waals surface area contributed by atoms with Crippen LogP contribution in [-0.4, -0.2) is 50.8 Å². The lowest BCUT2D eigenvalue weighted by Crippen LogP contribution is -2.45. The van der Waals surface area contributed by atoms with Gasteiger partial charge in [0.1, 0.15) is 5.54 Å². The number of ether oxygens (including phenoxy) is 1. The minimum Gasteiger partial charge on any atom is -0.380 e. The van der Waals surface area contributed by atoms with Gasteiger partial charge in [0.05, 0.1) is 12.7 Å². The fraction of sp³-hybridized carbons (Fsp3) is 0.938. The molecule has 0 saturated heterocycles. The van der Waals surface area contributed by atoms with Gasteiger partial charge in [-0.15, -0.1) is 0 Å². The van der Waals surface area contributed by atoms with Gasteiger partial charge >= 0.3 is 0 Å². The monoisotopic (exact) mass is 279 g/mol. The molecule has 2 rings (SSSR count). The Morgan fingerprint density at radius 3 is 2.80 bits per heavy atom. The standard InChI is InChI=1S/C16H29N3O/c1-18-16(13-17)8-3-4-15(16)7-9-19(2)10-11-20-12-14-5-6-14/h14-15,18H,3-12H2,1-2H3. The SMILES string of the molecule is CNC1(C#N)CCCC1CCN(C)CCOCC1CC1. The predicted octanol–water partition coefficient (Wildman–Crippen LogP) is 2.02. The summed E-state index contributed by atoms with van der Waals surface area (Å²) >= 11 is 0. The average Bonchev–Trinajstić information content (AvgIpc) is 3.20. The van der Waals surface area contributed by atoms with Crippen molar-refractivity contribution in [2.75, 3.05) is 40.4 Å². The third-order valence-electron chi connectivity index (χ3n) is 4.99. The Labute approximate surface area is 123 Å². The summed E-state index contributed by atoms with van der Waals surface area (Å²) in [6.45, 7) is 3.85. The van der Waals surface area contributed by atoms with Crippen LogP contribution in [0.25, 0.3) is 0 Å². The highest BCUT2D eigenvalue weighted by Crippen LogP contribution is 2.37. The number of nitrogens with zero attached hydrogens (tertiary/aromatic N) is 2. The number of hydrogen-bond acceptors (Lipinski definition) is 4. The van der Waals surface area contributed by atoms with Crippen LogP contribution in [0.5, 0.6) is 0 Å². The molecule has 0 amide bonds. The molecule has 2 atom stereocenters. The molecule has 0 aromatic carbocycles. The van der Waals surface area contributed by atoms with E-state index in [0.29, 0.717) is 5.92 Å². The van der Waals surface area contributed by atoms with Gasteiger partial charge in [0.25, 0.3) is 0 Å². The Morgan fingerprint density at radius 1 is 1.35 bits per heavy atom. The van der Waals surface area contributed by atoms with Gasteiger partial charge < -0.3 is 15.0 Å². The van der Waals surface area contributed by atoms with Crippen LogP contribution in [0.4, 0.5) is 0 Å². The average molecular weight is 279 g/mol. The second kappa shape index (κ2) is 7.40. The maximum atomic E-state index is 9.44. The highest BCUT2D eigenvalue weighted by atomic mass is 16.5. The summed E-state index contributed by atoms with van der Waals surface area (Å²) in [6.07, 6.45) is 7.18. The lowest BCUT2D eigenvalue weighted by atomic mass is 9.86. The molecule has 0 spiro atoms. The number of likely N-dealkylation sites (N-methyl/N-ethyl adjacent to an activating group) is 1. The van der Waals surface area contributed by atoms with Crippen molar-refractivity contribution in [1.29, 1.82) is 5.26 Å². The molecule has 1 N–H and O–H groups in total. The van der Waals surface area contributed by atoms with E-state index < -0.39 is 0 Å². The molecule has 2 aliphatic carbocycles. The molecular weight excluding hydrogens is 250 g/mol. The van der Waals surface area contributed by atoms with E-state index in [9.17, 15) is 5.26 Å². The normalized spacial score (nSPS) is 29.8. The van der Waals surface area contributed by atoms with E-state index in [4.69, 9.17) is 4.74 Å². The molecule has 0 aromatic heterocycles. The van der Waals surface area contributed by atoms with Crippen molar-refractivity contribution >= 4 is 0 Å². The summed E-state index contributed by atoms with van der Waals surface area (Å²) in [6, 6.07) is 2.52. The minimum absolute atomic E-state index is 0.274. The van der Waals surface area contributed by atoms with Crippen molar-refractivity contribution in [3.63, 3.8) is 0 Å². The van der Waals surface area contributed by atoms with Crippen molar-refractivity contribution in [3.8, 4) is 6.07 Å². The fourth-order valence-electron chi connectivity index (χ4n) is 3.24. The van der Waals surface area contributed by atoms with Crippen molar-refractivity contribution in [2.45, 2.75) is 44.1 Å². The second-order valence-corrected chi connectivity index (χ2v) is 6.53. The zero-order chi connectivity index (χ0) is 14.4. The molecular formula is C16H29N3O. The Morgan fingerprint density at radius 2 is 2.15 bits per heavy atom. The first kappa shape index (κ1) is 15.8. The van der Waals surface area contributed by atoms with Crippen LogP contribution in [0, 0.1) is 23.2 Å². The van der Waals surface area contributed by atoms with Gasteiger partial charge in [-0.25, -0.2) is 0 Å². The molecule has 2 aliphatic rings. The van der Waals surface area contributed by atoms with Gasteiger partial charge in [0.2, 0.25) is 0 Å². The van der Waals surface area contributed by atoms with Crippen LogP contribution in [0.2, 0.25) is 0 Å². The lowest BCUT2D eigenvalue weighted by Gasteiger charge is -2.29. The van der Waals surface area contributed by atoms with Crippen molar-refractivity contribution < 1.29 is 4.74 Å². The van der Waals surface area contributed by atoms with Crippen LogP contribution in [-0.2, 0) is 4.74 Å². The molecule has 4 heteroatoms. The van der Waals surface area contributed by atoms with Crippen LogP contribution in [0.15, 0.2) is 0 Å². The molecule has 2 fully saturated rings. The lowest BCUT2D eigenvalue weighted by molar-refractivity contribution is 0.101. The van der Waals surface area contributed by atoms with Gasteiger partial charge in [-0.1, -0.05) is 6.42 Å². The van der Waals surface area contributed by atoms with Crippen molar-refractivity contribution in [3.05, 3.63) is 0 Å². The van der Waals surface area contributed by atoms with Gasteiger partial charge in [0.15, 0.2) is 0 Å². The van der Waals surface area contributed by atoms with E-state index in [2.05, 4.69) is 23.3 Å². The molecule has 0 bridgehead atoms. The Bertz CT molecular complexity index is 337. The molecule has 0 radical (unpaired) electrons. The summed E-state index contributed by atoms with van der Waals surface area (Å²) in [5, 5.41) is 12.7. The summed E-state index contributed by atoms with van der Waals surface area (Å²) in [5.74, 6) is 1.35. The molecule has 114 valence electrons. The molecule has 2 unspecified atom stereocenters. The smallest absolute Gasteiger partial charge is 0.109 e. The van der Waals surface area contributed by atoms with E-state index in [1.807, 2.05) is 7.05 Å². The number of nitrogens with one attached hydrogen (secondary N) is 1. The van der Waals surface area contributed by atoms with E-state index in [0.717, 1.165) is 45.1 Å². The largest absolute Gasteiger partial charge is 0.380 e. The number of hydrogen-bond donors (Lipinski definition) is 1. The zero-order valence-electron chi connectivity index (χ0n) is 13.0. The van der Waals surface area contributed by atoms with Crippen LogP contribution in [0.3, 0.4) is 0 Å². The topological polar surface area (TPSA) is 48.3 Å². The van der Waals surface area contributed by atoms with E-state index in [1.165, 1.54) is 25.7 Å². The first-order valence-electron chi connectivity index (χ1n) is 8.06. The third kappa shape index (κ3) is 4.18. The van der Waals surface area contributed by atoms with Gasteiger partial charge in [-0.3, -0.25) is 0 Å². The Kier molecular flexibility index (Phi) is 5.83. The molecule has 0 aromatic rings. The Balaban J connectivity index is 1.61. The number of rotatable bonds is 9. The summed E-state index contributed by atoms with van der Waals surface area (Å²) in [7, 11) is 4.08. The fourth-order valence-corrected chi connectivity index (χ4v) is 3.24. The zero-order valence-corrected chi connectivity index (χ0v) is 13.0. The summed E-state index contributed by atoms with van der Waals surface area (Å²) in [4.78, 5) is 2.34. The highest BCUT2D eigenvalue weighted by Gasteiger charge is 2.41. The van der Waals surface area contributed by atoms with Gasteiger partial charge in [0, 0.05) is 13.2 Å². The quantitative estimate of drug-likeness (QED) is 0.656. The second-order valence-electron chi connectivity index (χ2n) is 6.53. The molecule has 0 heterocycles. The maximum Gasteiger partial charge on any atom is 0.109 e. The first-order chi connectivity index (χ1) is 9.70. The summed E-state index contributed by atoms with van der Waals surface area (Å²) < 4.78 is 5.68. The van der Waals surface area contributed by atoms with E-state index >= 15 is 0 Å². The molecule has 4 nitrogen and oxygen atoms in total. The van der Waals surface area contributed by atoms with Crippen LogP contribution >= 0.6 is 0 Å². The van der Waals surface area contributed by atoms with E-state index in [1.54, 1.807) is 0 Å². The predicted molar refractivity (Wildman–Crippen MR) is 80.4 cm³/mol. The maximum absolute atomic E-state index is 9.44. The van der Waals surface area contributed by atoms with Crippen molar-refractivity contribution in [1.82, 2.24) is 10.2 Å². The summed E-state index contributed by atoms with van der Waals surface area (Å²) in [5.41, 5.74) is -0.274. The van der Waals surface area contributed by atoms with E-state index in [-0.39, 0.29) is 5.54 Å². The molecule has 2 saturated carbocycles. The van der Waals surface area contributed by atoms with Crippen LogP contribution < -0.4 is 5.32 Å². The van der Waals surface area contributed by atoms with Gasteiger partial charge in [-0.2, -0.15) is 5.26 Å². The van der Waals surface area contributed by atoms with Crippen LogP contribution in [0.1, 0.15) is 38.5 Å².